The molecule has 0 spiro atoms. The van der Waals surface area contributed by atoms with Crippen LogP contribution < -0.4 is 5.32 Å². The van der Waals surface area contributed by atoms with E-state index in [1.165, 1.54) is 0 Å². The Balaban J connectivity index is 1.56. The van der Waals surface area contributed by atoms with Gasteiger partial charge in [-0.05, 0) is 25.3 Å². The largest absolute Gasteiger partial charge is 0.391 e. The van der Waals surface area contributed by atoms with Crippen LogP contribution in [-0.4, -0.2) is 40.2 Å². The highest BCUT2D eigenvalue weighted by molar-refractivity contribution is 5.22. The van der Waals surface area contributed by atoms with Crippen molar-refractivity contribution < 1.29 is 9.84 Å². The predicted molar refractivity (Wildman–Crippen MR) is 89.2 cm³/mol. The highest BCUT2D eigenvalue weighted by Crippen LogP contribution is 2.30. The third kappa shape index (κ3) is 3.80. The normalized spacial score (nSPS) is 22.4. The zero-order chi connectivity index (χ0) is 16.2. The van der Waals surface area contributed by atoms with Gasteiger partial charge in [0.05, 0.1) is 12.3 Å². The molecule has 0 unspecified atom stereocenters. The molecular weight excluding hydrogens is 290 g/mol. The van der Waals surface area contributed by atoms with E-state index in [-0.39, 0.29) is 12.1 Å². The van der Waals surface area contributed by atoms with Crippen LogP contribution in [0, 0.1) is 6.92 Å². The second kappa shape index (κ2) is 7.25. The van der Waals surface area contributed by atoms with E-state index in [9.17, 15) is 5.11 Å². The van der Waals surface area contributed by atoms with E-state index in [1.54, 1.807) is 0 Å². The van der Waals surface area contributed by atoms with Crippen molar-refractivity contribution in [3.63, 3.8) is 0 Å². The van der Waals surface area contributed by atoms with Gasteiger partial charge in [-0.3, -0.25) is 4.68 Å². The maximum absolute atomic E-state index is 10.3. The van der Waals surface area contributed by atoms with Crippen molar-refractivity contribution in [2.75, 3.05) is 13.2 Å². The second-order valence-electron chi connectivity index (χ2n) is 6.25. The monoisotopic (exact) mass is 315 g/mol. The Morgan fingerprint density at radius 2 is 2.17 bits per heavy atom. The van der Waals surface area contributed by atoms with Gasteiger partial charge in [0.15, 0.2) is 0 Å². The Labute approximate surface area is 137 Å². The number of benzene rings is 1. The minimum Gasteiger partial charge on any atom is -0.391 e. The van der Waals surface area contributed by atoms with Crippen LogP contribution in [0.2, 0.25) is 0 Å². The van der Waals surface area contributed by atoms with Crippen molar-refractivity contribution in [1.29, 1.82) is 0 Å². The van der Waals surface area contributed by atoms with Gasteiger partial charge in [-0.15, -0.1) is 0 Å². The summed E-state index contributed by atoms with van der Waals surface area (Å²) in [6.07, 6.45) is 3.14. The molecule has 3 rings (SSSR count). The predicted octanol–water partition coefficient (Wildman–Crippen LogP) is 1.75. The summed E-state index contributed by atoms with van der Waals surface area (Å²) in [5, 5.41) is 18.0. The average molecular weight is 315 g/mol. The number of hydrogen-bond acceptors (Lipinski definition) is 4. The van der Waals surface area contributed by atoms with Crippen molar-refractivity contribution in [3.05, 3.63) is 53.3 Å². The van der Waals surface area contributed by atoms with E-state index in [1.807, 2.05) is 48.3 Å². The highest BCUT2D eigenvalue weighted by Gasteiger charge is 2.31. The summed E-state index contributed by atoms with van der Waals surface area (Å²) in [7, 11) is 1.94. The zero-order valence-corrected chi connectivity index (χ0v) is 13.8. The van der Waals surface area contributed by atoms with Gasteiger partial charge in [-0.1, -0.05) is 30.3 Å². The van der Waals surface area contributed by atoms with Crippen molar-refractivity contribution >= 4 is 0 Å². The zero-order valence-electron chi connectivity index (χ0n) is 13.8. The molecule has 2 N–H and O–H groups in total. The molecule has 1 aliphatic rings. The number of aryl methyl sites for hydroxylation is 1. The molecule has 23 heavy (non-hydrogen) atoms. The summed E-state index contributed by atoms with van der Waals surface area (Å²) in [5.41, 5.74) is 3.43. The number of nitrogens with one attached hydrogen (secondary N) is 1. The van der Waals surface area contributed by atoms with E-state index >= 15 is 0 Å². The number of aliphatic hydroxyl groups excluding tert-OH is 1. The molecule has 0 saturated carbocycles. The molecule has 2 heterocycles. The van der Waals surface area contributed by atoms with Gasteiger partial charge in [-0.25, -0.2) is 0 Å². The summed E-state index contributed by atoms with van der Waals surface area (Å²) in [6.45, 7) is 3.37. The quantitative estimate of drug-likeness (QED) is 0.853. The lowest BCUT2D eigenvalue weighted by molar-refractivity contribution is 0.0929. The van der Waals surface area contributed by atoms with Gasteiger partial charge < -0.3 is 15.2 Å². The number of hydrogen-bond donors (Lipinski definition) is 2. The Morgan fingerprint density at radius 1 is 1.39 bits per heavy atom. The van der Waals surface area contributed by atoms with Gasteiger partial charge in [0.1, 0.15) is 6.10 Å². The van der Waals surface area contributed by atoms with E-state index in [2.05, 4.69) is 17.3 Å². The lowest BCUT2D eigenvalue weighted by Gasteiger charge is -2.21. The fourth-order valence-electron chi connectivity index (χ4n) is 3.15. The number of nitrogens with zero attached hydrogens (tertiary/aromatic N) is 2. The Hall–Kier alpha value is -1.69. The SMILES string of the molecule is Cc1c([C@H]2OCC[C@@H]2NC[C@H](O)Cc2ccccc2)cnn1C. The van der Waals surface area contributed by atoms with Crippen LogP contribution >= 0.6 is 0 Å². The molecule has 0 bridgehead atoms. The fraction of sp³-hybridized carbons (Fsp3) is 0.500. The Bertz CT molecular complexity index is 626. The third-order valence-corrected chi connectivity index (χ3v) is 4.60. The maximum atomic E-state index is 10.3. The van der Waals surface area contributed by atoms with Crippen molar-refractivity contribution in [3.8, 4) is 0 Å². The lowest BCUT2D eigenvalue weighted by atomic mass is 10.0. The topological polar surface area (TPSA) is 59.3 Å². The van der Waals surface area contributed by atoms with Crippen LogP contribution in [0.5, 0.6) is 0 Å². The smallest absolute Gasteiger partial charge is 0.101 e. The summed E-state index contributed by atoms with van der Waals surface area (Å²) in [6, 6.07) is 10.3. The highest BCUT2D eigenvalue weighted by atomic mass is 16.5. The van der Waals surface area contributed by atoms with E-state index in [0.717, 1.165) is 29.8 Å². The molecule has 0 amide bonds. The minimum absolute atomic E-state index is 0.0209. The molecule has 3 atom stereocenters. The van der Waals surface area contributed by atoms with E-state index in [0.29, 0.717) is 13.0 Å². The Morgan fingerprint density at radius 3 is 2.87 bits per heavy atom. The standard InChI is InChI=1S/C18H25N3O2/c1-13-16(12-20-21(13)2)18-17(8-9-23-18)19-11-15(22)10-14-6-4-3-5-7-14/h3-7,12,15,17-19,22H,8-11H2,1-2H3/t15-,17+,18-/m1/s1. The average Bonchev–Trinajstić information content (AvgIpc) is 3.14. The van der Waals surface area contributed by atoms with Gasteiger partial charge >= 0.3 is 0 Å². The van der Waals surface area contributed by atoms with Crippen LogP contribution in [0.1, 0.15) is 29.3 Å². The second-order valence-corrected chi connectivity index (χ2v) is 6.25. The fourth-order valence-corrected chi connectivity index (χ4v) is 3.15. The van der Waals surface area contributed by atoms with E-state index in [4.69, 9.17) is 4.74 Å². The molecule has 1 aromatic heterocycles. The first-order valence-electron chi connectivity index (χ1n) is 8.20. The number of rotatable bonds is 6. The van der Waals surface area contributed by atoms with E-state index < -0.39 is 6.10 Å². The van der Waals surface area contributed by atoms with Crippen molar-refractivity contribution in [1.82, 2.24) is 15.1 Å². The van der Waals surface area contributed by atoms with Gasteiger partial charge in [0, 0.05) is 37.5 Å². The maximum Gasteiger partial charge on any atom is 0.101 e. The van der Waals surface area contributed by atoms with Crippen molar-refractivity contribution in [2.24, 2.45) is 7.05 Å². The molecule has 0 radical (unpaired) electrons. The number of ether oxygens (including phenoxy) is 1. The molecule has 1 aliphatic heterocycles. The summed E-state index contributed by atoms with van der Waals surface area (Å²) >= 11 is 0. The summed E-state index contributed by atoms with van der Waals surface area (Å²) < 4.78 is 7.77. The summed E-state index contributed by atoms with van der Waals surface area (Å²) in [4.78, 5) is 0. The van der Waals surface area contributed by atoms with Gasteiger partial charge in [-0.2, -0.15) is 5.10 Å². The number of aromatic nitrogens is 2. The molecular formula is C18H25N3O2. The molecule has 5 nitrogen and oxygen atoms in total. The molecule has 0 aliphatic carbocycles. The Kier molecular flexibility index (Phi) is 5.10. The molecule has 1 saturated heterocycles. The summed E-state index contributed by atoms with van der Waals surface area (Å²) in [5.74, 6) is 0. The first-order chi connectivity index (χ1) is 11.1. The third-order valence-electron chi connectivity index (χ3n) is 4.60. The molecule has 124 valence electrons. The van der Waals surface area contributed by atoms with Gasteiger partial charge in [0.25, 0.3) is 0 Å². The molecule has 5 heteroatoms. The van der Waals surface area contributed by atoms with Crippen LogP contribution in [0.25, 0.3) is 0 Å². The van der Waals surface area contributed by atoms with Crippen LogP contribution in [-0.2, 0) is 18.2 Å². The van der Waals surface area contributed by atoms with Crippen LogP contribution in [0.3, 0.4) is 0 Å². The first kappa shape index (κ1) is 16.2. The first-order valence-corrected chi connectivity index (χ1v) is 8.20. The van der Waals surface area contributed by atoms with Crippen LogP contribution in [0.4, 0.5) is 0 Å². The van der Waals surface area contributed by atoms with Gasteiger partial charge in [0.2, 0.25) is 0 Å². The van der Waals surface area contributed by atoms with Crippen molar-refractivity contribution in [2.45, 2.75) is 38.0 Å². The number of aliphatic hydroxyl groups is 1. The molecule has 2 aromatic rings. The molecule has 1 aromatic carbocycles. The lowest BCUT2D eigenvalue weighted by Crippen LogP contribution is -2.38. The minimum atomic E-state index is -0.395. The molecule has 1 fully saturated rings. The van der Waals surface area contributed by atoms with Crippen LogP contribution in [0.15, 0.2) is 36.5 Å².